The molecule has 0 aliphatic carbocycles. The van der Waals surface area contributed by atoms with Gasteiger partial charge in [0.05, 0.1) is 0 Å². The van der Waals surface area contributed by atoms with E-state index in [1.165, 1.54) is 0 Å². The number of nitrogens with one attached hydrogen (secondary N) is 3. The number of para-hydroxylation sites is 1. The maximum atomic E-state index is 12.5. The number of thiocarbonyl (C=S) groups is 1. The fourth-order valence-electron chi connectivity index (χ4n) is 2.61. The highest BCUT2D eigenvalue weighted by atomic mass is 32.1. The van der Waals surface area contributed by atoms with Crippen LogP contribution in [0.2, 0.25) is 0 Å². The number of rotatable bonds is 3. The predicted octanol–water partition coefficient (Wildman–Crippen LogP) is 4.85. The Morgan fingerprint density at radius 3 is 2.38 bits per heavy atom. The molecule has 0 atom stereocenters. The van der Waals surface area contributed by atoms with Gasteiger partial charge >= 0.3 is 0 Å². The third-order valence-corrected chi connectivity index (χ3v) is 4.49. The first-order chi connectivity index (χ1) is 13.6. The number of furan rings is 1. The Labute approximate surface area is 174 Å². The molecule has 150 valence electrons. The molecule has 29 heavy (non-hydrogen) atoms. The minimum absolute atomic E-state index is 0.165. The van der Waals surface area contributed by atoms with Crippen LogP contribution in [0.15, 0.2) is 52.9 Å². The molecule has 0 radical (unpaired) electrons. The second-order valence-electron chi connectivity index (χ2n) is 7.79. The summed E-state index contributed by atoms with van der Waals surface area (Å²) in [6, 6.07) is 14.6. The average molecular weight is 410 g/mol. The van der Waals surface area contributed by atoms with Crippen molar-refractivity contribution in [3.05, 3.63) is 59.9 Å². The van der Waals surface area contributed by atoms with Gasteiger partial charge < -0.3 is 20.4 Å². The SMILES string of the molecule is Cc1cc(NC(=S)NC(=O)C(C)(C)C)ccc1NC(=O)c1cc2ccccc2o1. The summed E-state index contributed by atoms with van der Waals surface area (Å²) in [5.74, 6) is -0.238. The van der Waals surface area contributed by atoms with Crippen LogP contribution in [-0.2, 0) is 4.79 Å². The molecular formula is C22H23N3O3S. The van der Waals surface area contributed by atoms with Gasteiger partial charge in [0.1, 0.15) is 5.58 Å². The van der Waals surface area contributed by atoms with E-state index >= 15 is 0 Å². The summed E-state index contributed by atoms with van der Waals surface area (Å²) < 4.78 is 5.60. The Kier molecular flexibility index (Phi) is 5.70. The van der Waals surface area contributed by atoms with Gasteiger partial charge in [0.15, 0.2) is 10.9 Å². The van der Waals surface area contributed by atoms with Gasteiger partial charge in [-0.1, -0.05) is 39.0 Å². The van der Waals surface area contributed by atoms with E-state index in [4.69, 9.17) is 16.6 Å². The number of carbonyl (C=O) groups is 2. The van der Waals surface area contributed by atoms with Crippen molar-refractivity contribution in [2.75, 3.05) is 10.6 Å². The Bertz CT molecular complexity index is 1060. The zero-order chi connectivity index (χ0) is 21.2. The molecule has 3 rings (SSSR count). The molecule has 3 aromatic rings. The molecule has 0 bridgehead atoms. The first-order valence-corrected chi connectivity index (χ1v) is 9.57. The van der Waals surface area contributed by atoms with E-state index in [0.29, 0.717) is 17.0 Å². The van der Waals surface area contributed by atoms with Crippen molar-refractivity contribution in [3.8, 4) is 0 Å². The summed E-state index contributed by atoms with van der Waals surface area (Å²) in [6.07, 6.45) is 0. The van der Waals surface area contributed by atoms with E-state index in [1.54, 1.807) is 18.2 Å². The topological polar surface area (TPSA) is 83.4 Å². The first kappa shape index (κ1) is 20.5. The van der Waals surface area contributed by atoms with Crippen LogP contribution in [0.5, 0.6) is 0 Å². The van der Waals surface area contributed by atoms with Crippen LogP contribution in [0.4, 0.5) is 11.4 Å². The molecule has 0 saturated heterocycles. The van der Waals surface area contributed by atoms with Crippen LogP contribution in [0, 0.1) is 12.3 Å². The molecule has 0 fully saturated rings. The predicted molar refractivity (Wildman–Crippen MR) is 119 cm³/mol. The van der Waals surface area contributed by atoms with Crippen LogP contribution in [0.3, 0.4) is 0 Å². The van der Waals surface area contributed by atoms with Crippen molar-refractivity contribution in [3.63, 3.8) is 0 Å². The highest BCUT2D eigenvalue weighted by Gasteiger charge is 2.22. The molecule has 0 saturated carbocycles. The van der Waals surface area contributed by atoms with E-state index in [1.807, 2.05) is 58.0 Å². The Balaban J connectivity index is 1.67. The lowest BCUT2D eigenvalue weighted by molar-refractivity contribution is -0.126. The standard InChI is InChI=1S/C22H23N3O3S/c1-13-11-15(23-21(29)25-20(27)22(2,3)4)9-10-16(13)24-19(26)18-12-14-7-5-6-8-17(14)28-18/h5-12H,1-4H3,(H,24,26)(H2,23,25,27,29). The first-order valence-electron chi connectivity index (χ1n) is 9.16. The number of hydrogen-bond donors (Lipinski definition) is 3. The highest BCUT2D eigenvalue weighted by Crippen LogP contribution is 2.23. The molecule has 7 heteroatoms. The van der Waals surface area contributed by atoms with Crippen LogP contribution >= 0.6 is 12.2 Å². The average Bonchev–Trinajstić information content (AvgIpc) is 3.07. The van der Waals surface area contributed by atoms with Gasteiger partial charge in [-0.3, -0.25) is 9.59 Å². The number of carbonyl (C=O) groups excluding carboxylic acids is 2. The van der Waals surface area contributed by atoms with Gasteiger partial charge in [0, 0.05) is 22.2 Å². The Hall–Kier alpha value is -3.19. The fraction of sp³-hybridized carbons (Fsp3) is 0.227. The molecule has 1 aromatic heterocycles. The van der Waals surface area contributed by atoms with E-state index in [9.17, 15) is 9.59 Å². The van der Waals surface area contributed by atoms with Crippen molar-refractivity contribution in [1.82, 2.24) is 5.32 Å². The van der Waals surface area contributed by atoms with Gasteiger partial charge in [0.2, 0.25) is 5.91 Å². The second-order valence-corrected chi connectivity index (χ2v) is 8.20. The third kappa shape index (κ3) is 5.00. The molecule has 1 heterocycles. The van der Waals surface area contributed by atoms with Crippen molar-refractivity contribution in [2.24, 2.45) is 5.41 Å². The van der Waals surface area contributed by atoms with Gasteiger partial charge in [-0.2, -0.15) is 0 Å². The van der Waals surface area contributed by atoms with Gasteiger partial charge in [0.25, 0.3) is 5.91 Å². The highest BCUT2D eigenvalue weighted by molar-refractivity contribution is 7.80. The third-order valence-electron chi connectivity index (χ3n) is 4.29. The number of amides is 2. The molecule has 3 N–H and O–H groups in total. The molecule has 2 amide bonds. The monoisotopic (exact) mass is 409 g/mol. The van der Waals surface area contributed by atoms with Crippen LogP contribution in [0.1, 0.15) is 36.9 Å². The molecular weight excluding hydrogens is 386 g/mol. The van der Waals surface area contributed by atoms with Crippen molar-refractivity contribution in [2.45, 2.75) is 27.7 Å². The summed E-state index contributed by atoms with van der Waals surface area (Å²) in [5, 5.41) is 9.61. The quantitative estimate of drug-likeness (QED) is 0.539. The smallest absolute Gasteiger partial charge is 0.291 e. The summed E-state index contributed by atoms with van der Waals surface area (Å²) >= 11 is 5.20. The van der Waals surface area contributed by atoms with Crippen LogP contribution in [0.25, 0.3) is 11.0 Å². The summed E-state index contributed by atoms with van der Waals surface area (Å²) in [5.41, 5.74) is 2.34. The molecule has 6 nitrogen and oxygen atoms in total. The molecule has 2 aromatic carbocycles. The fourth-order valence-corrected chi connectivity index (χ4v) is 2.82. The van der Waals surface area contributed by atoms with E-state index < -0.39 is 5.41 Å². The maximum absolute atomic E-state index is 12.5. The molecule has 0 spiro atoms. The van der Waals surface area contributed by atoms with Crippen molar-refractivity contribution < 1.29 is 14.0 Å². The second kappa shape index (κ2) is 8.05. The molecule has 0 unspecified atom stereocenters. The summed E-state index contributed by atoms with van der Waals surface area (Å²) in [7, 11) is 0. The Morgan fingerprint density at radius 2 is 1.72 bits per heavy atom. The Morgan fingerprint density at radius 1 is 1.00 bits per heavy atom. The lowest BCUT2D eigenvalue weighted by Crippen LogP contribution is -2.41. The largest absolute Gasteiger partial charge is 0.451 e. The van der Waals surface area contributed by atoms with Crippen molar-refractivity contribution >= 4 is 51.5 Å². The summed E-state index contributed by atoms with van der Waals surface area (Å²) in [6.45, 7) is 7.31. The van der Waals surface area contributed by atoms with Crippen LogP contribution in [-0.4, -0.2) is 16.9 Å². The minimum atomic E-state index is -0.535. The van der Waals surface area contributed by atoms with Gasteiger partial charge in [-0.05, 0) is 55.0 Å². The zero-order valence-electron chi connectivity index (χ0n) is 16.8. The summed E-state index contributed by atoms with van der Waals surface area (Å²) in [4.78, 5) is 24.5. The van der Waals surface area contributed by atoms with E-state index in [0.717, 1.165) is 10.9 Å². The van der Waals surface area contributed by atoms with Gasteiger partial charge in [-0.15, -0.1) is 0 Å². The van der Waals surface area contributed by atoms with Crippen LogP contribution < -0.4 is 16.0 Å². The van der Waals surface area contributed by atoms with Gasteiger partial charge in [-0.25, -0.2) is 0 Å². The normalized spacial score (nSPS) is 11.2. The van der Waals surface area contributed by atoms with E-state index in [-0.39, 0.29) is 22.7 Å². The number of anilines is 2. The minimum Gasteiger partial charge on any atom is -0.451 e. The number of benzene rings is 2. The lowest BCUT2D eigenvalue weighted by atomic mass is 9.96. The molecule has 0 aliphatic heterocycles. The van der Waals surface area contributed by atoms with Crippen molar-refractivity contribution in [1.29, 1.82) is 0 Å². The lowest BCUT2D eigenvalue weighted by Gasteiger charge is -2.19. The van der Waals surface area contributed by atoms with E-state index in [2.05, 4.69) is 16.0 Å². The molecule has 0 aliphatic rings. The number of fused-ring (bicyclic) bond motifs is 1. The number of aryl methyl sites for hydroxylation is 1. The zero-order valence-corrected chi connectivity index (χ0v) is 17.6. The number of hydrogen-bond acceptors (Lipinski definition) is 4. The maximum Gasteiger partial charge on any atom is 0.291 e.